The molecule has 6 rings (SSSR count). The summed E-state index contributed by atoms with van der Waals surface area (Å²) in [6.45, 7) is 4.75. The van der Waals surface area contributed by atoms with E-state index in [0.29, 0.717) is 17.7 Å². The van der Waals surface area contributed by atoms with Crippen molar-refractivity contribution in [3.8, 4) is 5.75 Å². The van der Waals surface area contributed by atoms with Crippen molar-refractivity contribution in [3.05, 3.63) is 29.5 Å². The predicted octanol–water partition coefficient (Wildman–Crippen LogP) is 4.29. The zero-order valence-electron chi connectivity index (χ0n) is 13.8. The van der Waals surface area contributed by atoms with Gasteiger partial charge in [-0.3, -0.25) is 4.90 Å². The van der Waals surface area contributed by atoms with Crippen LogP contribution in [0.25, 0.3) is 11.0 Å². The lowest BCUT2D eigenvalue weighted by Gasteiger charge is -2.53. The third kappa shape index (κ3) is 1.99. The second-order valence-electron chi connectivity index (χ2n) is 7.85. The molecule has 4 heterocycles. The predicted molar refractivity (Wildman–Crippen MR) is 90.8 cm³/mol. The first-order valence-corrected chi connectivity index (χ1v) is 9.23. The largest absolute Gasteiger partial charge is 0.508 e. The zero-order chi connectivity index (χ0) is 15.6. The molecule has 1 N–H and O–H groups in total. The first-order valence-electron chi connectivity index (χ1n) is 9.23. The molecule has 1 aromatic carbocycles. The van der Waals surface area contributed by atoms with E-state index in [1.165, 1.54) is 43.6 Å². The fourth-order valence-electron chi connectivity index (χ4n) is 5.78. The van der Waals surface area contributed by atoms with Gasteiger partial charge in [-0.25, -0.2) is 0 Å². The molecule has 3 nitrogen and oxygen atoms in total. The van der Waals surface area contributed by atoms with Gasteiger partial charge in [0, 0.05) is 36.0 Å². The van der Waals surface area contributed by atoms with Gasteiger partial charge < -0.3 is 9.52 Å². The molecule has 122 valence electrons. The lowest BCUT2D eigenvalue weighted by Crippen LogP contribution is -2.56. The number of rotatable bonds is 2. The highest BCUT2D eigenvalue weighted by Crippen LogP contribution is 2.52. The van der Waals surface area contributed by atoms with Crippen molar-refractivity contribution in [2.75, 3.05) is 13.1 Å². The Morgan fingerprint density at radius 3 is 3.09 bits per heavy atom. The van der Waals surface area contributed by atoms with Crippen LogP contribution in [0.1, 0.15) is 49.8 Å². The van der Waals surface area contributed by atoms with Gasteiger partial charge in [0.05, 0.1) is 0 Å². The second kappa shape index (κ2) is 5.01. The third-order valence-electron chi connectivity index (χ3n) is 6.48. The van der Waals surface area contributed by atoms with Crippen LogP contribution in [0.4, 0.5) is 0 Å². The number of furan rings is 1. The maximum atomic E-state index is 9.87. The second-order valence-corrected chi connectivity index (χ2v) is 7.85. The van der Waals surface area contributed by atoms with E-state index < -0.39 is 0 Å². The Morgan fingerprint density at radius 1 is 1.30 bits per heavy atom. The van der Waals surface area contributed by atoms with Crippen molar-refractivity contribution in [1.82, 2.24) is 4.90 Å². The summed E-state index contributed by atoms with van der Waals surface area (Å²) in [5.41, 5.74) is 2.32. The highest BCUT2D eigenvalue weighted by Gasteiger charge is 2.49. The van der Waals surface area contributed by atoms with Gasteiger partial charge in [-0.2, -0.15) is 0 Å². The van der Waals surface area contributed by atoms with Gasteiger partial charge >= 0.3 is 0 Å². The summed E-state index contributed by atoms with van der Waals surface area (Å²) in [6.07, 6.45) is 6.41. The summed E-state index contributed by atoms with van der Waals surface area (Å²) >= 11 is 0. The topological polar surface area (TPSA) is 36.6 Å². The molecule has 1 aliphatic carbocycles. The van der Waals surface area contributed by atoms with Gasteiger partial charge in [0.1, 0.15) is 17.1 Å². The minimum absolute atomic E-state index is 0.346. The molecule has 3 aliphatic heterocycles. The van der Waals surface area contributed by atoms with E-state index in [1.54, 1.807) is 6.07 Å². The number of piperidine rings is 2. The van der Waals surface area contributed by atoms with Crippen LogP contribution in [0.15, 0.2) is 22.6 Å². The summed E-state index contributed by atoms with van der Waals surface area (Å²) < 4.78 is 6.35. The average Bonchev–Trinajstić information content (AvgIpc) is 2.85. The number of phenols is 1. The smallest absolute Gasteiger partial charge is 0.134 e. The summed E-state index contributed by atoms with van der Waals surface area (Å²) in [5, 5.41) is 11.0. The van der Waals surface area contributed by atoms with Crippen molar-refractivity contribution >= 4 is 11.0 Å². The van der Waals surface area contributed by atoms with Crippen molar-refractivity contribution < 1.29 is 9.52 Å². The molecule has 3 unspecified atom stereocenters. The highest BCUT2D eigenvalue weighted by molar-refractivity contribution is 5.84. The van der Waals surface area contributed by atoms with Gasteiger partial charge in [-0.1, -0.05) is 13.3 Å². The van der Waals surface area contributed by atoms with Crippen molar-refractivity contribution in [2.24, 2.45) is 11.8 Å². The Hall–Kier alpha value is -1.48. The molecule has 4 bridgehead atoms. The van der Waals surface area contributed by atoms with Gasteiger partial charge in [-0.15, -0.1) is 0 Å². The van der Waals surface area contributed by atoms with E-state index in [0.717, 1.165) is 35.8 Å². The van der Waals surface area contributed by atoms with Crippen LogP contribution in [0.5, 0.6) is 5.75 Å². The monoisotopic (exact) mass is 311 g/mol. The number of benzene rings is 1. The first kappa shape index (κ1) is 13.9. The Bertz CT molecular complexity index is 749. The molecule has 3 fully saturated rings. The molecular formula is C20H25NO2. The molecule has 1 aromatic heterocycles. The fourth-order valence-corrected chi connectivity index (χ4v) is 5.78. The van der Waals surface area contributed by atoms with Gasteiger partial charge in [0.15, 0.2) is 0 Å². The number of hydrogen-bond acceptors (Lipinski definition) is 3. The summed E-state index contributed by atoms with van der Waals surface area (Å²) in [5.74, 6) is 3.83. The van der Waals surface area contributed by atoms with Crippen LogP contribution >= 0.6 is 0 Å². The Balaban J connectivity index is 1.64. The van der Waals surface area contributed by atoms with Gasteiger partial charge in [0.2, 0.25) is 0 Å². The van der Waals surface area contributed by atoms with Crippen LogP contribution in [0.2, 0.25) is 0 Å². The SMILES string of the molecule is CCCC1C[C@H]2C[C@H]3c4oc5ccc(O)cc5c4CCN(C2)C13. The van der Waals surface area contributed by atoms with Crippen molar-refractivity contribution in [2.45, 2.75) is 51.0 Å². The Kier molecular flexibility index (Phi) is 3.03. The number of fused-ring (bicyclic) bond motifs is 4. The van der Waals surface area contributed by atoms with Gasteiger partial charge in [0.25, 0.3) is 0 Å². The van der Waals surface area contributed by atoms with Crippen LogP contribution in [-0.4, -0.2) is 29.1 Å². The average molecular weight is 311 g/mol. The first-order chi connectivity index (χ1) is 11.2. The molecule has 1 saturated carbocycles. The highest BCUT2D eigenvalue weighted by atomic mass is 16.3. The standard InChI is InChI=1S/C20H25NO2/c1-2-3-13-8-12-9-17-19(13)21(11-12)7-6-15-16-10-14(22)4-5-18(16)23-20(15)17/h4-5,10,12-13,17,19,22H,2-3,6-9,11H2,1H3/t12-,13?,17+,19?/m0/s1. The molecular weight excluding hydrogens is 286 g/mol. The molecule has 0 amide bonds. The summed E-state index contributed by atoms with van der Waals surface area (Å²) in [7, 11) is 0. The molecule has 2 saturated heterocycles. The minimum Gasteiger partial charge on any atom is -0.508 e. The van der Waals surface area contributed by atoms with E-state index in [-0.39, 0.29) is 0 Å². The molecule has 23 heavy (non-hydrogen) atoms. The Labute approximate surface area is 137 Å². The Morgan fingerprint density at radius 2 is 2.22 bits per heavy atom. The van der Waals surface area contributed by atoms with Crippen molar-refractivity contribution in [3.63, 3.8) is 0 Å². The quantitative estimate of drug-likeness (QED) is 0.899. The van der Waals surface area contributed by atoms with Crippen LogP contribution in [0, 0.1) is 11.8 Å². The molecule has 0 spiro atoms. The number of hydrogen-bond donors (Lipinski definition) is 1. The molecule has 3 heteroatoms. The zero-order valence-corrected chi connectivity index (χ0v) is 13.8. The number of aromatic hydroxyl groups is 1. The lowest BCUT2D eigenvalue weighted by molar-refractivity contribution is -0.0188. The maximum absolute atomic E-state index is 9.87. The molecule has 0 radical (unpaired) electrons. The third-order valence-corrected chi connectivity index (χ3v) is 6.48. The summed E-state index contributed by atoms with van der Waals surface area (Å²) in [6, 6.07) is 6.24. The van der Waals surface area contributed by atoms with Crippen LogP contribution in [-0.2, 0) is 6.42 Å². The minimum atomic E-state index is 0.346. The van der Waals surface area contributed by atoms with Crippen LogP contribution in [0.3, 0.4) is 0 Å². The van der Waals surface area contributed by atoms with Crippen LogP contribution < -0.4 is 0 Å². The maximum Gasteiger partial charge on any atom is 0.134 e. The van der Waals surface area contributed by atoms with E-state index in [1.807, 2.05) is 12.1 Å². The normalized spacial score (nSPS) is 35.3. The van der Waals surface area contributed by atoms with E-state index >= 15 is 0 Å². The number of phenolic OH excluding ortho intramolecular Hbond substituents is 1. The van der Waals surface area contributed by atoms with E-state index in [4.69, 9.17) is 4.42 Å². The number of nitrogens with zero attached hydrogens (tertiary/aromatic N) is 1. The lowest BCUT2D eigenvalue weighted by atomic mass is 9.65. The molecule has 5 atom stereocenters. The van der Waals surface area contributed by atoms with Gasteiger partial charge in [-0.05, 0) is 55.7 Å². The summed E-state index contributed by atoms with van der Waals surface area (Å²) in [4.78, 5) is 2.76. The van der Waals surface area contributed by atoms with E-state index in [9.17, 15) is 5.11 Å². The molecule has 2 aromatic rings. The van der Waals surface area contributed by atoms with E-state index in [2.05, 4.69) is 11.8 Å². The van der Waals surface area contributed by atoms with Crippen molar-refractivity contribution in [1.29, 1.82) is 0 Å². The molecule has 4 aliphatic rings. The fraction of sp³-hybridized carbons (Fsp3) is 0.600.